The summed E-state index contributed by atoms with van der Waals surface area (Å²) in [5, 5.41) is 9.36. The first kappa shape index (κ1) is 9.26. The molecule has 2 nitrogen and oxygen atoms in total. The van der Waals surface area contributed by atoms with Gasteiger partial charge in [-0.15, -0.1) is 0 Å². The molecule has 3 heteroatoms. The lowest BCUT2D eigenvalue weighted by Gasteiger charge is -2.03. The summed E-state index contributed by atoms with van der Waals surface area (Å²) in [6.45, 7) is 1.50. The normalized spacial score (nSPS) is 9.83. The van der Waals surface area contributed by atoms with E-state index in [4.69, 9.17) is 0 Å². The summed E-state index contributed by atoms with van der Waals surface area (Å²) in [6.07, 6.45) is 0.271. The lowest BCUT2D eigenvalue weighted by molar-refractivity contribution is -0.116. The van der Waals surface area contributed by atoms with Crippen molar-refractivity contribution in [1.29, 1.82) is 0 Å². The van der Waals surface area contributed by atoms with Crippen LogP contribution in [0.5, 0.6) is 5.75 Å². The number of Topliss-reactive ketones (excluding diaryl/α,β-unsaturated/α-hetero) is 1. The summed E-state index contributed by atoms with van der Waals surface area (Å²) in [5.74, 6) is 0.205. The van der Waals surface area contributed by atoms with Crippen LogP contribution in [0.25, 0.3) is 0 Å². The van der Waals surface area contributed by atoms with Gasteiger partial charge in [0, 0.05) is 16.5 Å². The van der Waals surface area contributed by atoms with Gasteiger partial charge in [0.05, 0.1) is 0 Å². The second-order valence-electron chi connectivity index (χ2n) is 2.62. The summed E-state index contributed by atoms with van der Waals surface area (Å²) < 4.78 is 0.776. The van der Waals surface area contributed by atoms with Crippen LogP contribution >= 0.6 is 15.9 Å². The molecule has 0 spiro atoms. The third-order valence-electron chi connectivity index (χ3n) is 1.52. The molecule has 0 amide bonds. The SMILES string of the molecule is CC(=O)Cc1c(O)cccc1Br. The van der Waals surface area contributed by atoms with Crippen LogP contribution in [0.15, 0.2) is 22.7 Å². The first-order chi connectivity index (χ1) is 5.61. The number of benzene rings is 1. The average molecular weight is 229 g/mol. The number of carbonyl (C=O) groups is 1. The quantitative estimate of drug-likeness (QED) is 0.844. The number of ketones is 1. The van der Waals surface area contributed by atoms with E-state index in [9.17, 15) is 9.90 Å². The Labute approximate surface area is 79.3 Å². The van der Waals surface area contributed by atoms with Crippen LogP contribution in [0, 0.1) is 0 Å². The van der Waals surface area contributed by atoms with E-state index >= 15 is 0 Å². The number of rotatable bonds is 2. The van der Waals surface area contributed by atoms with Gasteiger partial charge in [0.1, 0.15) is 11.5 Å². The fraction of sp³-hybridized carbons (Fsp3) is 0.222. The minimum atomic E-state index is 0.0391. The molecule has 0 radical (unpaired) electrons. The molecule has 0 aromatic heterocycles. The Bertz CT molecular complexity index is 287. The summed E-state index contributed by atoms with van der Waals surface area (Å²) in [6, 6.07) is 5.10. The number of halogens is 1. The van der Waals surface area contributed by atoms with Crippen molar-refractivity contribution in [1.82, 2.24) is 0 Å². The van der Waals surface area contributed by atoms with Crippen LogP contribution in [0.4, 0.5) is 0 Å². The highest BCUT2D eigenvalue weighted by Crippen LogP contribution is 2.25. The molecule has 64 valence electrons. The molecule has 0 aliphatic carbocycles. The third-order valence-corrected chi connectivity index (χ3v) is 2.26. The minimum absolute atomic E-state index is 0.0391. The number of phenolic OH excluding ortho intramolecular Hbond substituents is 1. The Morgan fingerprint density at radius 2 is 2.25 bits per heavy atom. The molecule has 0 saturated carbocycles. The Kier molecular flexibility index (Phi) is 2.87. The topological polar surface area (TPSA) is 37.3 Å². The van der Waals surface area contributed by atoms with Gasteiger partial charge in [-0.2, -0.15) is 0 Å². The molecule has 0 unspecified atom stereocenters. The maximum Gasteiger partial charge on any atom is 0.134 e. The van der Waals surface area contributed by atoms with E-state index in [0.717, 1.165) is 4.47 Å². The summed E-state index contributed by atoms with van der Waals surface area (Å²) in [4.78, 5) is 10.8. The van der Waals surface area contributed by atoms with E-state index < -0.39 is 0 Å². The molecule has 0 atom stereocenters. The van der Waals surface area contributed by atoms with E-state index in [1.54, 1.807) is 18.2 Å². The van der Waals surface area contributed by atoms with E-state index in [1.807, 2.05) is 0 Å². The van der Waals surface area contributed by atoms with Crippen molar-refractivity contribution in [2.45, 2.75) is 13.3 Å². The van der Waals surface area contributed by atoms with Gasteiger partial charge in [-0.3, -0.25) is 4.79 Å². The van der Waals surface area contributed by atoms with Crippen molar-refractivity contribution in [2.75, 3.05) is 0 Å². The molecule has 0 bridgehead atoms. The molecular weight excluding hydrogens is 220 g/mol. The number of carbonyl (C=O) groups excluding carboxylic acids is 1. The number of hydrogen-bond acceptors (Lipinski definition) is 2. The van der Waals surface area contributed by atoms with Crippen molar-refractivity contribution in [3.05, 3.63) is 28.2 Å². The molecule has 12 heavy (non-hydrogen) atoms. The summed E-state index contributed by atoms with van der Waals surface area (Å²) in [5.41, 5.74) is 0.657. The van der Waals surface area contributed by atoms with Crippen molar-refractivity contribution < 1.29 is 9.90 Å². The molecule has 1 rings (SSSR count). The Morgan fingerprint density at radius 3 is 2.75 bits per heavy atom. The predicted molar refractivity (Wildman–Crippen MR) is 50.2 cm³/mol. The highest BCUT2D eigenvalue weighted by atomic mass is 79.9. The van der Waals surface area contributed by atoms with Gasteiger partial charge in [-0.05, 0) is 19.1 Å². The lowest BCUT2D eigenvalue weighted by atomic mass is 10.1. The zero-order chi connectivity index (χ0) is 9.14. The zero-order valence-corrected chi connectivity index (χ0v) is 8.26. The molecule has 0 aliphatic heterocycles. The fourth-order valence-corrected chi connectivity index (χ4v) is 1.47. The fourth-order valence-electron chi connectivity index (χ4n) is 0.971. The van der Waals surface area contributed by atoms with Gasteiger partial charge in [0.15, 0.2) is 0 Å². The van der Waals surface area contributed by atoms with Crippen LogP contribution in [-0.2, 0) is 11.2 Å². The second kappa shape index (κ2) is 3.72. The van der Waals surface area contributed by atoms with Crippen molar-refractivity contribution in [3.63, 3.8) is 0 Å². The monoisotopic (exact) mass is 228 g/mol. The van der Waals surface area contributed by atoms with E-state index in [1.165, 1.54) is 6.92 Å². The lowest BCUT2D eigenvalue weighted by Crippen LogP contribution is -1.97. The number of aromatic hydroxyl groups is 1. The standard InChI is InChI=1S/C9H9BrO2/c1-6(11)5-7-8(10)3-2-4-9(7)12/h2-4,12H,5H2,1H3. The van der Waals surface area contributed by atoms with Gasteiger partial charge in [0.25, 0.3) is 0 Å². The Morgan fingerprint density at radius 1 is 1.58 bits per heavy atom. The molecule has 1 aromatic carbocycles. The van der Waals surface area contributed by atoms with Gasteiger partial charge in [0.2, 0.25) is 0 Å². The molecule has 0 heterocycles. The van der Waals surface area contributed by atoms with E-state index in [-0.39, 0.29) is 18.0 Å². The van der Waals surface area contributed by atoms with Gasteiger partial charge in [-0.1, -0.05) is 22.0 Å². The van der Waals surface area contributed by atoms with Gasteiger partial charge >= 0.3 is 0 Å². The van der Waals surface area contributed by atoms with Crippen molar-refractivity contribution in [2.24, 2.45) is 0 Å². The average Bonchev–Trinajstić information content (AvgIpc) is 1.97. The van der Waals surface area contributed by atoms with Crippen LogP contribution in [0.2, 0.25) is 0 Å². The Balaban J connectivity index is 3.04. The van der Waals surface area contributed by atoms with Crippen LogP contribution < -0.4 is 0 Å². The molecule has 0 fully saturated rings. The second-order valence-corrected chi connectivity index (χ2v) is 3.47. The zero-order valence-electron chi connectivity index (χ0n) is 6.67. The molecule has 0 saturated heterocycles. The van der Waals surface area contributed by atoms with Crippen molar-refractivity contribution >= 4 is 21.7 Å². The third kappa shape index (κ3) is 2.08. The first-order valence-corrected chi connectivity index (χ1v) is 4.36. The number of phenols is 1. The van der Waals surface area contributed by atoms with E-state index in [0.29, 0.717) is 5.56 Å². The summed E-state index contributed by atoms with van der Waals surface area (Å²) >= 11 is 3.26. The van der Waals surface area contributed by atoms with Gasteiger partial charge in [-0.25, -0.2) is 0 Å². The summed E-state index contributed by atoms with van der Waals surface area (Å²) in [7, 11) is 0. The molecule has 1 aromatic rings. The Hall–Kier alpha value is -0.830. The largest absolute Gasteiger partial charge is 0.508 e. The van der Waals surface area contributed by atoms with E-state index in [2.05, 4.69) is 15.9 Å². The molecule has 0 aliphatic rings. The van der Waals surface area contributed by atoms with Crippen LogP contribution in [-0.4, -0.2) is 10.9 Å². The molecular formula is C9H9BrO2. The first-order valence-electron chi connectivity index (χ1n) is 3.57. The van der Waals surface area contributed by atoms with Crippen LogP contribution in [0.3, 0.4) is 0 Å². The number of hydrogen-bond donors (Lipinski definition) is 1. The van der Waals surface area contributed by atoms with Crippen molar-refractivity contribution in [3.8, 4) is 5.75 Å². The molecule has 1 N–H and O–H groups in total. The maximum absolute atomic E-state index is 10.8. The maximum atomic E-state index is 10.8. The highest BCUT2D eigenvalue weighted by Gasteiger charge is 2.06. The highest BCUT2D eigenvalue weighted by molar-refractivity contribution is 9.10. The smallest absolute Gasteiger partial charge is 0.134 e. The predicted octanol–water partition coefficient (Wildman–Crippen LogP) is 2.29. The van der Waals surface area contributed by atoms with Crippen LogP contribution in [0.1, 0.15) is 12.5 Å². The minimum Gasteiger partial charge on any atom is -0.508 e. The van der Waals surface area contributed by atoms with Gasteiger partial charge < -0.3 is 5.11 Å².